The van der Waals surface area contributed by atoms with Crippen molar-refractivity contribution in [3.05, 3.63) is 71.3 Å². The SMILES string of the molecule is CCCC[C@H](C)[C@H]1CC(=O)N[C@H](Cc2cccc(C#N)c2)C(=O)N[C@@H](C)C(=O)N[C@H](Cc2ccccc2)C(=O)O1. The Labute approximate surface area is 235 Å². The highest BCUT2D eigenvalue weighted by molar-refractivity contribution is 5.94. The quantitative estimate of drug-likeness (QED) is 0.436. The molecule has 0 aromatic heterocycles. The van der Waals surface area contributed by atoms with E-state index >= 15 is 0 Å². The Bertz CT molecular complexity index is 1230. The van der Waals surface area contributed by atoms with Gasteiger partial charge in [0.2, 0.25) is 17.7 Å². The van der Waals surface area contributed by atoms with E-state index < -0.39 is 47.9 Å². The molecule has 0 spiro atoms. The minimum Gasteiger partial charge on any atom is -0.460 e. The number of nitriles is 1. The maximum atomic E-state index is 13.4. The van der Waals surface area contributed by atoms with E-state index in [1.165, 1.54) is 6.92 Å². The van der Waals surface area contributed by atoms with E-state index in [0.29, 0.717) is 11.1 Å². The first-order chi connectivity index (χ1) is 19.2. The van der Waals surface area contributed by atoms with Gasteiger partial charge in [-0.05, 0) is 42.5 Å². The van der Waals surface area contributed by atoms with Gasteiger partial charge in [-0.1, -0.05) is 69.2 Å². The molecule has 1 aliphatic heterocycles. The number of hydrogen-bond donors (Lipinski definition) is 3. The van der Waals surface area contributed by atoms with Gasteiger partial charge in [-0.25, -0.2) is 4.79 Å². The van der Waals surface area contributed by atoms with Crippen LogP contribution in [0.1, 0.15) is 63.1 Å². The molecule has 40 heavy (non-hydrogen) atoms. The lowest BCUT2D eigenvalue weighted by atomic mass is 9.95. The van der Waals surface area contributed by atoms with Gasteiger partial charge in [0.15, 0.2) is 0 Å². The van der Waals surface area contributed by atoms with Crippen LogP contribution in [0.25, 0.3) is 0 Å². The van der Waals surface area contributed by atoms with Gasteiger partial charge in [0.1, 0.15) is 24.2 Å². The molecule has 2 aromatic carbocycles. The summed E-state index contributed by atoms with van der Waals surface area (Å²) in [5.41, 5.74) is 1.95. The standard InChI is InChI=1S/C31H38N4O5/c1-4-5-10-20(2)27-18-28(36)34-25(17-23-13-9-14-24(15-23)19-32)30(38)33-21(3)29(37)35-26(31(39)40-27)16-22-11-7-6-8-12-22/h6-9,11-15,20-21,25-27H,4-5,10,16-18H2,1-3H3,(H,33,38)(H,34,36)(H,35,37)/t20-,21-,25+,26+,27+/m0/s1. The minimum atomic E-state index is -1.00. The predicted molar refractivity (Wildman–Crippen MR) is 150 cm³/mol. The molecule has 0 bridgehead atoms. The minimum absolute atomic E-state index is 0.119. The molecular formula is C31H38N4O5. The number of nitrogens with one attached hydrogen (secondary N) is 3. The normalized spacial score (nSPS) is 23.1. The molecule has 3 rings (SSSR count). The van der Waals surface area contributed by atoms with Crippen LogP contribution < -0.4 is 16.0 Å². The molecule has 9 heteroatoms. The van der Waals surface area contributed by atoms with E-state index in [1.807, 2.05) is 37.3 Å². The van der Waals surface area contributed by atoms with Crippen LogP contribution in [0.15, 0.2) is 54.6 Å². The average Bonchev–Trinajstić information content (AvgIpc) is 2.95. The lowest BCUT2D eigenvalue weighted by Gasteiger charge is -2.27. The largest absolute Gasteiger partial charge is 0.460 e. The lowest BCUT2D eigenvalue weighted by molar-refractivity contribution is -0.157. The fourth-order valence-electron chi connectivity index (χ4n) is 4.67. The van der Waals surface area contributed by atoms with E-state index in [1.54, 1.807) is 24.3 Å². The van der Waals surface area contributed by atoms with Crippen molar-refractivity contribution in [1.82, 2.24) is 16.0 Å². The monoisotopic (exact) mass is 546 g/mol. The number of amides is 3. The highest BCUT2D eigenvalue weighted by atomic mass is 16.5. The summed E-state index contributed by atoms with van der Waals surface area (Å²) in [6, 6.07) is 15.1. The molecule has 0 radical (unpaired) electrons. The number of carbonyl (C=O) groups excluding carboxylic acids is 4. The predicted octanol–water partition coefficient (Wildman–Crippen LogP) is 2.96. The number of ether oxygens (including phenoxy) is 1. The van der Waals surface area contributed by atoms with E-state index in [4.69, 9.17) is 4.74 Å². The number of carbonyl (C=O) groups is 4. The number of rotatable bonds is 8. The summed E-state index contributed by atoms with van der Waals surface area (Å²) in [5, 5.41) is 17.4. The summed E-state index contributed by atoms with van der Waals surface area (Å²) in [6.07, 6.45) is 2.06. The van der Waals surface area contributed by atoms with Gasteiger partial charge in [0.05, 0.1) is 18.1 Å². The number of esters is 1. The average molecular weight is 547 g/mol. The molecule has 1 aliphatic rings. The van der Waals surface area contributed by atoms with Crippen molar-refractivity contribution in [2.45, 2.75) is 83.5 Å². The number of cyclic esters (lactones) is 1. The van der Waals surface area contributed by atoms with Crippen molar-refractivity contribution in [3.63, 3.8) is 0 Å². The second-order valence-electron chi connectivity index (χ2n) is 10.4. The smallest absolute Gasteiger partial charge is 0.329 e. The first-order valence-corrected chi connectivity index (χ1v) is 13.8. The van der Waals surface area contributed by atoms with E-state index in [9.17, 15) is 24.4 Å². The third-order valence-corrected chi connectivity index (χ3v) is 7.09. The van der Waals surface area contributed by atoms with Gasteiger partial charge in [-0.3, -0.25) is 14.4 Å². The highest BCUT2D eigenvalue weighted by Crippen LogP contribution is 2.20. The van der Waals surface area contributed by atoms with Gasteiger partial charge >= 0.3 is 5.97 Å². The maximum absolute atomic E-state index is 13.4. The third kappa shape index (κ3) is 8.94. The molecule has 0 aliphatic carbocycles. The zero-order valence-electron chi connectivity index (χ0n) is 23.3. The van der Waals surface area contributed by atoms with Crippen LogP contribution in [0.4, 0.5) is 0 Å². The number of nitrogens with zero attached hydrogens (tertiary/aromatic N) is 1. The zero-order chi connectivity index (χ0) is 29.1. The summed E-state index contributed by atoms with van der Waals surface area (Å²) in [7, 11) is 0. The fraction of sp³-hybridized carbons (Fsp3) is 0.452. The molecular weight excluding hydrogens is 508 g/mol. The molecule has 1 fully saturated rings. The first-order valence-electron chi connectivity index (χ1n) is 13.8. The van der Waals surface area contributed by atoms with Crippen LogP contribution in [0, 0.1) is 17.2 Å². The Kier molecular flexibility index (Phi) is 11.2. The van der Waals surface area contributed by atoms with Crippen LogP contribution in [-0.4, -0.2) is 47.9 Å². The van der Waals surface area contributed by atoms with Crippen molar-refractivity contribution in [2.24, 2.45) is 5.92 Å². The molecule has 5 atom stereocenters. The molecule has 212 valence electrons. The summed E-state index contributed by atoms with van der Waals surface area (Å²) >= 11 is 0. The lowest BCUT2D eigenvalue weighted by Crippen LogP contribution is -2.55. The van der Waals surface area contributed by atoms with Gasteiger partial charge in [-0.2, -0.15) is 5.26 Å². The summed E-state index contributed by atoms with van der Waals surface area (Å²) < 4.78 is 5.92. The third-order valence-electron chi connectivity index (χ3n) is 7.09. The van der Waals surface area contributed by atoms with Gasteiger partial charge < -0.3 is 20.7 Å². The van der Waals surface area contributed by atoms with E-state index in [0.717, 1.165) is 24.8 Å². The van der Waals surface area contributed by atoms with Gasteiger partial charge in [0, 0.05) is 12.8 Å². The summed E-state index contributed by atoms with van der Waals surface area (Å²) in [6.45, 7) is 5.51. The fourth-order valence-corrected chi connectivity index (χ4v) is 4.67. The molecule has 3 N–H and O–H groups in total. The molecule has 1 saturated heterocycles. The first kappa shape index (κ1) is 30.4. The van der Waals surface area contributed by atoms with Crippen LogP contribution >= 0.6 is 0 Å². The topological polar surface area (TPSA) is 137 Å². The Morgan fingerprint density at radius 2 is 1.62 bits per heavy atom. The summed E-state index contributed by atoms with van der Waals surface area (Å²) in [5.74, 6) is -2.27. The molecule has 0 unspecified atom stereocenters. The maximum Gasteiger partial charge on any atom is 0.329 e. The molecule has 0 saturated carbocycles. The Morgan fingerprint density at radius 3 is 2.33 bits per heavy atom. The van der Waals surface area contributed by atoms with Crippen molar-refractivity contribution in [3.8, 4) is 6.07 Å². The highest BCUT2D eigenvalue weighted by Gasteiger charge is 2.33. The Balaban J connectivity index is 1.92. The van der Waals surface area contributed by atoms with Gasteiger partial charge in [-0.15, -0.1) is 0 Å². The zero-order valence-corrected chi connectivity index (χ0v) is 23.3. The van der Waals surface area contributed by atoms with Crippen LogP contribution in [0.3, 0.4) is 0 Å². The second kappa shape index (κ2) is 14.8. The molecule has 3 amide bonds. The van der Waals surface area contributed by atoms with Crippen molar-refractivity contribution in [2.75, 3.05) is 0 Å². The van der Waals surface area contributed by atoms with Crippen molar-refractivity contribution < 1.29 is 23.9 Å². The Morgan fingerprint density at radius 1 is 0.925 bits per heavy atom. The van der Waals surface area contributed by atoms with Crippen molar-refractivity contribution in [1.29, 1.82) is 5.26 Å². The molecule has 9 nitrogen and oxygen atoms in total. The van der Waals surface area contributed by atoms with E-state index in [2.05, 4.69) is 28.9 Å². The van der Waals surface area contributed by atoms with Crippen LogP contribution in [0.2, 0.25) is 0 Å². The molecule has 1 heterocycles. The molecule has 2 aromatic rings. The van der Waals surface area contributed by atoms with Crippen LogP contribution in [-0.2, 0) is 36.8 Å². The van der Waals surface area contributed by atoms with Crippen molar-refractivity contribution >= 4 is 23.7 Å². The van der Waals surface area contributed by atoms with Crippen LogP contribution in [0.5, 0.6) is 0 Å². The number of unbranched alkanes of at least 4 members (excludes halogenated alkanes) is 1. The van der Waals surface area contributed by atoms with E-state index in [-0.39, 0.29) is 25.2 Å². The number of hydrogen-bond acceptors (Lipinski definition) is 6. The van der Waals surface area contributed by atoms with Gasteiger partial charge in [0.25, 0.3) is 0 Å². The second-order valence-corrected chi connectivity index (χ2v) is 10.4. The summed E-state index contributed by atoms with van der Waals surface area (Å²) in [4.78, 5) is 53.1. The Hall–Kier alpha value is -4.19. The number of benzene rings is 2.